The van der Waals surface area contributed by atoms with Crippen LogP contribution in [0.4, 0.5) is 0 Å². The maximum atomic E-state index is 5.76. The number of hydrogen-bond acceptors (Lipinski definition) is 2. The number of aromatic nitrogens is 3. The van der Waals surface area contributed by atoms with E-state index in [-0.39, 0.29) is 0 Å². The number of imidazole rings is 1. The van der Waals surface area contributed by atoms with Crippen LogP contribution in [0.25, 0.3) is 16.4 Å². The second-order valence-corrected chi connectivity index (χ2v) is 5.15. The molecule has 0 saturated heterocycles. The van der Waals surface area contributed by atoms with Crippen LogP contribution in [0.5, 0.6) is 0 Å². The summed E-state index contributed by atoms with van der Waals surface area (Å²) in [6.45, 7) is 0. The molecule has 4 heteroatoms. The quantitative estimate of drug-likeness (QED) is 0.522. The highest BCUT2D eigenvalue weighted by molar-refractivity contribution is 6.30. The van der Waals surface area contributed by atoms with Crippen LogP contribution in [-0.4, -0.2) is 22.2 Å². The summed E-state index contributed by atoms with van der Waals surface area (Å²) >= 11 is 0. The first-order chi connectivity index (χ1) is 10.3. The van der Waals surface area contributed by atoms with Gasteiger partial charge in [-0.25, -0.2) is 4.98 Å². The van der Waals surface area contributed by atoms with Crippen LogP contribution in [-0.2, 0) is 6.42 Å². The first kappa shape index (κ1) is 12.2. The van der Waals surface area contributed by atoms with E-state index in [1.54, 1.807) is 6.20 Å². The van der Waals surface area contributed by atoms with Gasteiger partial charge in [0.1, 0.15) is 7.85 Å². The van der Waals surface area contributed by atoms with Crippen molar-refractivity contribution in [1.29, 1.82) is 0 Å². The molecule has 2 radical (unpaired) electrons. The minimum absolute atomic E-state index is 0.500. The summed E-state index contributed by atoms with van der Waals surface area (Å²) in [6, 6.07) is 14.9. The van der Waals surface area contributed by atoms with Crippen LogP contribution < -0.4 is 5.59 Å². The molecule has 0 fully saturated rings. The fraction of sp³-hybridized carbons (Fsp3) is 0.0588. The zero-order valence-electron chi connectivity index (χ0n) is 11.4. The second kappa shape index (κ2) is 4.74. The molecule has 3 nitrogen and oxygen atoms in total. The highest BCUT2D eigenvalue weighted by Gasteiger charge is 2.05. The molecule has 0 aliphatic heterocycles. The van der Waals surface area contributed by atoms with E-state index in [1.807, 2.05) is 16.8 Å². The van der Waals surface area contributed by atoms with Gasteiger partial charge in [-0.15, -0.1) is 0 Å². The van der Waals surface area contributed by atoms with Gasteiger partial charge >= 0.3 is 0 Å². The zero-order chi connectivity index (χ0) is 14.2. The predicted octanol–water partition coefficient (Wildman–Crippen LogP) is 2.27. The van der Waals surface area contributed by atoms with E-state index in [4.69, 9.17) is 7.85 Å². The van der Waals surface area contributed by atoms with E-state index in [2.05, 4.69) is 52.4 Å². The Morgan fingerprint density at radius 1 is 0.952 bits per heavy atom. The van der Waals surface area contributed by atoms with E-state index in [1.165, 1.54) is 16.3 Å². The standard InChI is InChI=1S/C17H12BN3/c18-16-11-21-15(9-20-17(21)10-19-16)8-12-5-6-13-3-1-2-4-14(13)7-12/h1-7,9-11H,8H2. The molecule has 0 amide bonds. The normalized spacial score (nSPS) is 11.2. The minimum atomic E-state index is 0.500. The molecule has 0 N–H and O–H groups in total. The molecule has 98 valence electrons. The van der Waals surface area contributed by atoms with Gasteiger partial charge in [-0.05, 0) is 16.3 Å². The van der Waals surface area contributed by atoms with Crippen LogP contribution in [0.2, 0.25) is 0 Å². The van der Waals surface area contributed by atoms with Crippen molar-refractivity contribution in [3.8, 4) is 0 Å². The van der Waals surface area contributed by atoms with Crippen LogP contribution in [0.15, 0.2) is 61.1 Å². The largest absolute Gasteiger partial charge is 0.302 e. The van der Waals surface area contributed by atoms with Gasteiger partial charge in [-0.3, -0.25) is 4.98 Å². The summed E-state index contributed by atoms with van der Waals surface area (Å²) in [7, 11) is 5.76. The van der Waals surface area contributed by atoms with E-state index in [0.717, 1.165) is 17.8 Å². The lowest BCUT2D eigenvalue weighted by Crippen LogP contribution is -2.10. The summed E-state index contributed by atoms with van der Waals surface area (Å²) in [4.78, 5) is 8.43. The third-order valence-electron chi connectivity index (χ3n) is 3.69. The van der Waals surface area contributed by atoms with Crippen molar-refractivity contribution in [3.63, 3.8) is 0 Å². The molecule has 2 heterocycles. The van der Waals surface area contributed by atoms with Crippen molar-refractivity contribution < 1.29 is 0 Å². The summed E-state index contributed by atoms with van der Waals surface area (Å²) in [5.41, 5.74) is 3.68. The molecule has 21 heavy (non-hydrogen) atoms. The van der Waals surface area contributed by atoms with Crippen molar-refractivity contribution >= 4 is 29.9 Å². The summed E-state index contributed by atoms with van der Waals surface area (Å²) in [5, 5.41) is 2.51. The van der Waals surface area contributed by atoms with Gasteiger partial charge in [0.25, 0.3) is 0 Å². The van der Waals surface area contributed by atoms with E-state index in [0.29, 0.717) is 5.59 Å². The fourth-order valence-corrected chi connectivity index (χ4v) is 2.64. The van der Waals surface area contributed by atoms with Crippen LogP contribution >= 0.6 is 0 Å². The molecule has 0 unspecified atom stereocenters. The molecular formula is C17H12BN3. The van der Waals surface area contributed by atoms with Crippen LogP contribution in [0.1, 0.15) is 11.3 Å². The lowest BCUT2D eigenvalue weighted by Gasteiger charge is -2.05. The Morgan fingerprint density at radius 2 is 1.81 bits per heavy atom. The van der Waals surface area contributed by atoms with Crippen molar-refractivity contribution in [3.05, 3.63) is 72.3 Å². The number of rotatable bonds is 2. The van der Waals surface area contributed by atoms with Crippen LogP contribution in [0.3, 0.4) is 0 Å². The van der Waals surface area contributed by atoms with Crippen molar-refractivity contribution in [1.82, 2.24) is 14.4 Å². The van der Waals surface area contributed by atoms with E-state index in [9.17, 15) is 0 Å². The van der Waals surface area contributed by atoms with Crippen molar-refractivity contribution in [2.45, 2.75) is 6.42 Å². The summed E-state index contributed by atoms with van der Waals surface area (Å²) in [6.07, 6.45) is 6.21. The topological polar surface area (TPSA) is 30.2 Å². The van der Waals surface area contributed by atoms with Crippen molar-refractivity contribution in [2.24, 2.45) is 0 Å². The van der Waals surface area contributed by atoms with Crippen molar-refractivity contribution in [2.75, 3.05) is 0 Å². The van der Waals surface area contributed by atoms with Gasteiger partial charge in [-0.1, -0.05) is 42.5 Å². The van der Waals surface area contributed by atoms with Gasteiger partial charge < -0.3 is 4.40 Å². The highest BCUT2D eigenvalue weighted by Crippen LogP contribution is 2.18. The smallest absolute Gasteiger partial charge is 0.155 e. The Labute approximate surface area is 123 Å². The minimum Gasteiger partial charge on any atom is -0.302 e. The molecule has 0 bridgehead atoms. The predicted molar refractivity (Wildman–Crippen MR) is 85.1 cm³/mol. The zero-order valence-corrected chi connectivity index (χ0v) is 11.4. The van der Waals surface area contributed by atoms with Gasteiger partial charge in [0.15, 0.2) is 5.65 Å². The lowest BCUT2D eigenvalue weighted by atomic mass is 10.0. The molecule has 2 aromatic carbocycles. The molecule has 0 spiro atoms. The monoisotopic (exact) mass is 269 g/mol. The number of fused-ring (bicyclic) bond motifs is 2. The third-order valence-corrected chi connectivity index (χ3v) is 3.69. The molecular weight excluding hydrogens is 257 g/mol. The number of hydrogen-bond donors (Lipinski definition) is 0. The maximum Gasteiger partial charge on any atom is 0.155 e. The maximum absolute atomic E-state index is 5.76. The average Bonchev–Trinajstić information content (AvgIpc) is 2.89. The van der Waals surface area contributed by atoms with Gasteiger partial charge in [-0.2, -0.15) is 0 Å². The molecule has 0 aliphatic carbocycles. The molecule has 0 aliphatic rings. The molecule has 0 saturated carbocycles. The average molecular weight is 269 g/mol. The van der Waals surface area contributed by atoms with E-state index < -0.39 is 0 Å². The summed E-state index contributed by atoms with van der Waals surface area (Å²) < 4.78 is 2.00. The van der Waals surface area contributed by atoms with Gasteiger partial charge in [0, 0.05) is 30.1 Å². The third kappa shape index (κ3) is 2.19. The second-order valence-electron chi connectivity index (χ2n) is 5.15. The Morgan fingerprint density at radius 3 is 2.71 bits per heavy atom. The Balaban J connectivity index is 1.77. The molecule has 2 aromatic heterocycles. The molecule has 0 atom stereocenters. The Bertz CT molecular complexity index is 943. The van der Waals surface area contributed by atoms with Crippen LogP contribution in [0, 0.1) is 0 Å². The highest BCUT2D eigenvalue weighted by atomic mass is 15.0. The van der Waals surface area contributed by atoms with E-state index >= 15 is 0 Å². The fourth-order valence-electron chi connectivity index (χ4n) is 2.64. The van der Waals surface area contributed by atoms with Gasteiger partial charge in [0.2, 0.25) is 0 Å². The Hall–Kier alpha value is -2.62. The molecule has 4 rings (SSSR count). The first-order valence-electron chi connectivity index (χ1n) is 6.85. The number of benzene rings is 2. The SMILES string of the molecule is [B]c1cn2c(Cc3ccc4ccccc4c3)cnc2cn1. The first-order valence-corrected chi connectivity index (χ1v) is 6.85. The summed E-state index contributed by atoms with van der Waals surface area (Å²) in [5.74, 6) is 0. The molecule has 4 aromatic rings. The number of nitrogens with zero attached hydrogens (tertiary/aromatic N) is 3. The Kier molecular flexibility index (Phi) is 2.74. The van der Waals surface area contributed by atoms with Gasteiger partial charge in [0.05, 0.1) is 6.20 Å². The lowest BCUT2D eigenvalue weighted by molar-refractivity contribution is 1.02.